The lowest BCUT2D eigenvalue weighted by Crippen LogP contribution is -2.70. The molecule has 1 saturated heterocycles. The number of carbonyl (C=O) groups is 5. The number of allylic oxidation sites excluding steroid dienone is 5. The van der Waals surface area contributed by atoms with E-state index in [-0.39, 0.29) is 75.8 Å². The Balaban J connectivity index is 0.723. The van der Waals surface area contributed by atoms with E-state index in [2.05, 4.69) is 17.2 Å². The van der Waals surface area contributed by atoms with Crippen LogP contribution in [0.3, 0.4) is 0 Å². The molecule has 0 radical (unpaired) electrons. The van der Waals surface area contributed by atoms with Crippen LogP contribution in [0.15, 0.2) is 106 Å². The van der Waals surface area contributed by atoms with Gasteiger partial charge in [0, 0.05) is 69.5 Å². The first-order valence-electron chi connectivity index (χ1n) is 24.4. The highest BCUT2D eigenvalue weighted by atomic mass is 32.2. The highest BCUT2D eigenvalue weighted by Crippen LogP contribution is 2.72. The fraction of sp³-hybridized carbons (Fsp3) is 0.528. The molecule has 16 nitrogen and oxygen atoms in total. The summed E-state index contributed by atoms with van der Waals surface area (Å²) in [6.45, 7) is 9.31. The number of ketones is 1. The Kier molecular flexibility index (Phi) is 16.8. The molecule has 0 aromatic heterocycles. The zero-order valence-corrected chi connectivity index (χ0v) is 41.3. The number of imide groups is 1. The van der Waals surface area contributed by atoms with Crippen LogP contribution in [0.25, 0.3) is 0 Å². The van der Waals surface area contributed by atoms with E-state index in [1.807, 2.05) is 42.5 Å². The lowest BCUT2D eigenvalue weighted by Gasteiger charge is -2.63. The molecule has 6 aliphatic rings. The van der Waals surface area contributed by atoms with Crippen LogP contribution in [-0.2, 0) is 52.4 Å². The number of halogens is 2. The third-order valence-electron chi connectivity index (χ3n) is 15.1. The van der Waals surface area contributed by atoms with Crippen LogP contribution in [0.1, 0.15) is 57.8 Å². The highest BCUT2D eigenvalue weighted by Gasteiger charge is 2.80. The summed E-state index contributed by atoms with van der Waals surface area (Å²) in [5.74, 6) is -3.51. The van der Waals surface area contributed by atoms with Crippen LogP contribution in [0, 0.1) is 22.7 Å². The normalized spacial score (nSPS) is 31.2. The molecule has 2 aliphatic heterocycles. The summed E-state index contributed by atoms with van der Waals surface area (Å²) < 4.78 is 69.1. The van der Waals surface area contributed by atoms with E-state index < -0.39 is 82.8 Å². The SMILES string of the molecule is C=C1C=C[C@@]2(C)C(=C1)[C@@H](F)C[C@H]1[C@@H]3C[C@H]4O[C@@H](c5ccc(Sc6cccc(NC(=O)CCOCCOCCOCCOCCNC(=O)CCN7C(=O)C=CC7=O)c6)cc5)O[C@@]4(C(=O)CO)[C@@]3(C)C[C@H](O)[C@@]12F. The second-order valence-electron chi connectivity index (χ2n) is 19.4. The molecule has 72 heavy (non-hydrogen) atoms. The van der Waals surface area contributed by atoms with Gasteiger partial charge in [-0.05, 0) is 73.6 Å². The first-order valence-corrected chi connectivity index (χ1v) is 25.2. The predicted octanol–water partition coefficient (Wildman–Crippen LogP) is 5.29. The van der Waals surface area contributed by atoms with Crippen LogP contribution in [0.2, 0.25) is 0 Å². The van der Waals surface area contributed by atoms with Gasteiger partial charge < -0.3 is 49.3 Å². The lowest BCUT2D eigenvalue weighted by molar-refractivity contribution is -0.235. The van der Waals surface area contributed by atoms with Gasteiger partial charge in [0.15, 0.2) is 23.3 Å². The number of ether oxygens (including phenoxy) is 6. The van der Waals surface area contributed by atoms with Gasteiger partial charge in [0.1, 0.15) is 12.8 Å². The minimum absolute atomic E-state index is 0.0190. The second-order valence-corrected chi connectivity index (χ2v) is 20.5. The Labute approximate surface area is 421 Å². The van der Waals surface area contributed by atoms with E-state index in [4.69, 9.17) is 28.4 Å². The molecule has 0 bridgehead atoms. The number of aliphatic hydroxyl groups excluding tert-OH is 2. The van der Waals surface area contributed by atoms with E-state index in [0.29, 0.717) is 56.5 Å². The quantitative estimate of drug-likeness (QED) is 0.0779. The minimum atomic E-state index is -2.23. The molecular weight excluding hydrogens is 957 g/mol. The third kappa shape index (κ3) is 10.5. The van der Waals surface area contributed by atoms with Crippen LogP contribution >= 0.6 is 11.8 Å². The number of hydrogen-bond donors (Lipinski definition) is 4. The van der Waals surface area contributed by atoms with Gasteiger partial charge in [-0.1, -0.05) is 61.7 Å². The van der Waals surface area contributed by atoms with Crippen molar-refractivity contribution in [2.24, 2.45) is 22.7 Å². The molecule has 4 aliphatic carbocycles. The number of benzene rings is 2. The summed E-state index contributed by atoms with van der Waals surface area (Å²) in [6, 6.07) is 14.8. The minimum Gasteiger partial charge on any atom is -0.390 e. The van der Waals surface area contributed by atoms with Gasteiger partial charge >= 0.3 is 0 Å². The van der Waals surface area contributed by atoms with Crippen molar-refractivity contribution in [3.8, 4) is 0 Å². The number of carbonyl (C=O) groups excluding carboxylic acids is 5. The molecule has 8 rings (SSSR count). The van der Waals surface area contributed by atoms with Gasteiger partial charge in [-0.3, -0.25) is 28.9 Å². The molecule has 3 saturated carbocycles. The molecule has 4 amide bonds. The highest BCUT2D eigenvalue weighted by molar-refractivity contribution is 7.99. The number of hydrogen-bond acceptors (Lipinski definition) is 14. The number of aliphatic hydroxyl groups is 2. The summed E-state index contributed by atoms with van der Waals surface area (Å²) in [5.41, 5.74) is -4.48. The van der Waals surface area contributed by atoms with E-state index in [1.165, 1.54) is 23.9 Å². The maximum absolute atomic E-state index is 17.8. The molecular formula is C53H63F2N3O13S. The van der Waals surface area contributed by atoms with Gasteiger partial charge in [0.25, 0.3) is 11.8 Å². The first kappa shape index (κ1) is 53.3. The average molecular weight is 1020 g/mol. The van der Waals surface area contributed by atoms with E-state index >= 15 is 8.78 Å². The smallest absolute Gasteiger partial charge is 0.253 e. The van der Waals surface area contributed by atoms with Crippen LogP contribution in [-0.4, -0.2) is 147 Å². The number of amides is 4. The molecule has 0 unspecified atom stereocenters. The molecule has 0 spiro atoms. The third-order valence-corrected chi connectivity index (χ3v) is 16.1. The Bertz CT molecular complexity index is 2460. The van der Waals surface area contributed by atoms with Crippen molar-refractivity contribution in [1.29, 1.82) is 0 Å². The number of alkyl halides is 2. The topological polar surface area (TPSA) is 208 Å². The number of rotatable bonds is 24. The van der Waals surface area contributed by atoms with Gasteiger partial charge in [-0.15, -0.1) is 0 Å². The maximum atomic E-state index is 17.8. The number of fused-ring (bicyclic) bond motifs is 7. The van der Waals surface area contributed by atoms with Crippen molar-refractivity contribution in [1.82, 2.24) is 10.2 Å². The molecule has 2 aromatic carbocycles. The van der Waals surface area contributed by atoms with Crippen molar-refractivity contribution in [2.45, 2.75) is 91.7 Å². The maximum Gasteiger partial charge on any atom is 0.253 e. The Hall–Kier alpha value is -4.96. The first-order chi connectivity index (χ1) is 34.5. The fourth-order valence-corrected chi connectivity index (χ4v) is 12.5. The van der Waals surface area contributed by atoms with Crippen molar-refractivity contribution in [2.75, 3.05) is 77.9 Å². The van der Waals surface area contributed by atoms with Crippen LogP contribution < -0.4 is 10.6 Å². The molecule has 4 N–H and O–H groups in total. The zero-order valence-electron chi connectivity index (χ0n) is 40.5. The molecule has 10 atom stereocenters. The van der Waals surface area contributed by atoms with Crippen molar-refractivity contribution < 1.29 is 71.4 Å². The number of Topliss-reactive ketones (excluding diaryl/α,β-unsaturated/α-hetero) is 1. The van der Waals surface area contributed by atoms with Crippen LogP contribution in [0.4, 0.5) is 14.5 Å². The molecule has 388 valence electrons. The standard InChI is InChI=1S/C53H63F2N3O13S/c1-33-13-16-50(2)40(27-33)41(54)29-39-38-30-44-53(43(61)32-59,51(38,3)31-42(60)52(39,50)55)71-49(70-44)34-7-9-36(10-8-34)72-37-6-4-5-35(28-37)57-46(63)15-19-66-21-23-68-25-26-69-24-22-67-20-17-56-45(62)14-18-58-47(64)11-12-48(58)65/h4-13,16,27-28,38-39,41-42,44,49,59-60H,1,14-15,17-26,29-32H2,2-3H3,(H,56,62)(H,57,63)/t38-,39-,41-,42-,44+,49+,50-,51-,52-,53+/m0/s1. The van der Waals surface area contributed by atoms with Gasteiger partial charge in [-0.25, -0.2) is 8.78 Å². The van der Waals surface area contributed by atoms with Crippen molar-refractivity contribution in [3.05, 3.63) is 102 Å². The monoisotopic (exact) mass is 1020 g/mol. The van der Waals surface area contributed by atoms with Gasteiger partial charge in [-0.2, -0.15) is 0 Å². The Morgan fingerprint density at radius 3 is 2.21 bits per heavy atom. The van der Waals surface area contributed by atoms with Crippen molar-refractivity contribution >= 4 is 46.9 Å². The Morgan fingerprint density at radius 2 is 1.53 bits per heavy atom. The number of nitrogens with zero attached hydrogens (tertiary/aromatic N) is 1. The molecule has 4 fully saturated rings. The largest absolute Gasteiger partial charge is 0.390 e. The van der Waals surface area contributed by atoms with E-state index in [0.717, 1.165) is 14.7 Å². The second kappa shape index (κ2) is 22.7. The van der Waals surface area contributed by atoms with Gasteiger partial charge in [0.05, 0.1) is 71.5 Å². The van der Waals surface area contributed by atoms with Crippen molar-refractivity contribution in [3.63, 3.8) is 0 Å². The fourth-order valence-electron chi connectivity index (χ4n) is 11.6. The molecule has 2 heterocycles. The Morgan fingerprint density at radius 1 is 0.861 bits per heavy atom. The summed E-state index contributed by atoms with van der Waals surface area (Å²) in [4.78, 5) is 64.4. The lowest BCUT2D eigenvalue weighted by atomic mass is 9.44. The summed E-state index contributed by atoms with van der Waals surface area (Å²) in [5, 5.41) is 27.8. The summed E-state index contributed by atoms with van der Waals surface area (Å²) in [6.07, 6.45) is 2.32. The van der Waals surface area contributed by atoms with Crippen LogP contribution in [0.5, 0.6) is 0 Å². The van der Waals surface area contributed by atoms with Gasteiger partial charge in [0.2, 0.25) is 11.8 Å². The summed E-state index contributed by atoms with van der Waals surface area (Å²) >= 11 is 1.47. The molecule has 19 heteroatoms. The number of nitrogens with one attached hydrogen (secondary N) is 2. The van der Waals surface area contributed by atoms with E-state index in [1.54, 1.807) is 38.1 Å². The zero-order chi connectivity index (χ0) is 51.3. The molecule has 2 aromatic rings. The summed E-state index contributed by atoms with van der Waals surface area (Å²) in [7, 11) is 0. The average Bonchev–Trinajstić information content (AvgIpc) is 3.98. The predicted molar refractivity (Wildman–Crippen MR) is 259 cm³/mol. The van der Waals surface area contributed by atoms with E-state index in [9.17, 15) is 34.2 Å². The number of anilines is 1.